The molecule has 4 nitrogen and oxygen atoms in total. The number of amides is 2. The number of methoxy groups -OCH3 is 1. The van der Waals surface area contributed by atoms with Crippen molar-refractivity contribution in [3.8, 4) is 0 Å². The second kappa shape index (κ2) is 7.68. The minimum absolute atomic E-state index is 0.144. The van der Waals surface area contributed by atoms with Gasteiger partial charge in [-0.3, -0.25) is 0 Å². The highest BCUT2D eigenvalue weighted by Crippen LogP contribution is 2.03. The molecule has 0 saturated heterocycles. The van der Waals surface area contributed by atoms with Gasteiger partial charge >= 0.3 is 6.03 Å². The van der Waals surface area contributed by atoms with Gasteiger partial charge in [0.05, 0.1) is 6.61 Å². The number of carbonyl (C=O) groups excluding carboxylic acids is 1. The van der Waals surface area contributed by atoms with Crippen LogP contribution < -0.4 is 10.6 Å². The lowest BCUT2D eigenvalue weighted by atomic mass is 10.1. The Hall–Kier alpha value is -1.55. The summed E-state index contributed by atoms with van der Waals surface area (Å²) >= 11 is 0. The highest BCUT2D eigenvalue weighted by Gasteiger charge is 1.98. The first-order valence-corrected chi connectivity index (χ1v) is 5.78. The zero-order valence-electron chi connectivity index (χ0n) is 10.5. The number of hydrogen-bond acceptors (Lipinski definition) is 2. The molecule has 0 aromatic heterocycles. The summed E-state index contributed by atoms with van der Waals surface area (Å²) in [5, 5.41) is 5.51. The molecule has 1 aromatic carbocycles. The number of benzene rings is 1. The summed E-state index contributed by atoms with van der Waals surface area (Å²) in [5.74, 6) is 0. The molecule has 0 spiro atoms. The molecular formula is C13H20N2O2. The van der Waals surface area contributed by atoms with Gasteiger partial charge in [-0.2, -0.15) is 0 Å². The van der Waals surface area contributed by atoms with E-state index in [1.54, 1.807) is 7.11 Å². The zero-order chi connectivity index (χ0) is 12.5. The normalized spacial score (nSPS) is 10.0. The molecule has 0 bridgehead atoms. The van der Waals surface area contributed by atoms with Gasteiger partial charge in [0.2, 0.25) is 0 Å². The van der Waals surface area contributed by atoms with Gasteiger partial charge in [-0.25, -0.2) is 4.79 Å². The standard InChI is InChI=1S/C13H20N2O2/c1-11-4-3-5-12(10-11)6-7-14-13(16)15-8-9-17-2/h3-5,10H,6-9H2,1-2H3,(H2,14,15,16). The van der Waals surface area contributed by atoms with Gasteiger partial charge in [-0.05, 0) is 18.9 Å². The number of carbonyl (C=O) groups is 1. The lowest BCUT2D eigenvalue weighted by molar-refractivity contribution is 0.196. The minimum Gasteiger partial charge on any atom is -0.383 e. The number of nitrogens with one attached hydrogen (secondary N) is 2. The Bertz CT molecular complexity index is 353. The van der Waals surface area contributed by atoms with Crippen molar-refractivity contribution < 1.29 is 9.53 Å². The van der Waals surface area contributed by atoms with Crippen molar-refractivity contribution >= 4 is 6.03 Å². The van der Waals surface area contributed by atoms with Gasteiger partial charge in [0.15, 0.2) is 0 Å². The largest absolute Gasteiger partial charge is 0.383 e. The Morgan fingerprint density at radius 2 is 2.06 bits per heavy atom. The van der Waals surface area contributed by atoms with E-state index < -0.39 is 0 Å². The maximum Gasteiger partial charge on any atom is 0.314 e. The molecule has 0 atom stereocenters. The molecule has 0 aliphatic rings. The van der Waals surface area contributed by atoms with Gasteiger partial charge in [0.1, 0.15) is 0 Å². The fraction of sp³-hybridized carbons (Fsp3) is 0.462. The number of rotatable bonds is 6. The smallest absolute Gasteiger partial charge is 0.314 e. The van der Waals surface area contributed by atoms with Crippen molar-refractivity contribution in [2.45, 2.75) is 13.3 Å². The molecule has 2 N–H and O–H groups in total. The monoisotopic (exact) mass is 236 g/mol. The number of urea groups is 1. The van der Waals surface area contributed by atoms with Crippen molar-refractivity contribution in [2.75, 3.05) is 26.8 Å². The van der Waals surface area contributed by atoms with Crippen LogP contribution >= 0.6 is 0 Å². The molecule has 2 amide bonds. The second-order valence-corrected chi connectivity index (χ2v) is 3.91. The molecule has 17 heavy (non-hydrogen) atoms. The maximum absolute atomic E-state index is 11.3. The fourth-order valence-corrected chi connectivity index (χ4v) is 1.52. The third-order valence-corrected chi connectivity index (χ3v) is 2.37. The zero-order valence-corrected chi connectivity index (χ0v) is 10.5. The van der Waals surface area contributed by atoms with E-state index in [9.17, 15) is 4.79 Å². The minimum atomic E-state index is -0.144. The lowest BCUT2D eigenvalue weighted by Gasteiger charge is -2.07. The van der Waals surface area contributed by atoms with Crippen molar-refractivity contribution in [1.29, 1.82) is 0 Å². The summed E-state index contributed by atoms with van der Waals surface area (Å²) in [5.41, 5.74) is 2.48. The summed E-state index contributed by atoms with van der Waals surface area (Å²) in [4.78, 5) is 11.3. The quantitative estimate of drug-likeness (QED) is 0.735. The summed E-state index contributed by atoms with van der Waals surface area (Å²) in [6.45, 7) is 3.77. The predicted molar refractivity (Wildman–Crippen MR) is 68.2 cm³/mol. The van der Waals surface area contributed by atoms with Crippen LogP contribution in [-0.2, 0) is 11.2 Å². The van der Waals surface area contributed by atoms with Crippen molar-refractivity contribution in [3.63, 3.8) is 0 Å². The molecule has 4 heteroatoms. The molecule has 0 radical (unpaired) electrons. The van der Waals surface area contributed by atoms with E-state index in [0.717, 1.165) is 6.42 Å². The van der Waals surface area contributed by atoms with Crippen LogP contribution in [0.4, 0.5) is 4.79 Å². The number of ether oxygens (including phenoxy) is 1. The van der Waals surface area contributed by atoms with Gasteiger partial charge in [-0.15, -0.1) is 0 Å². The topological polar surface area (TPSA) is 50.4 Å². The van der Waals surface area contributed by atoms with Crippen molar-refractivity contribution in [3.05, 3.63) is 35.4 Å². The maximum atomic E-state index is 11.3. The Morgan fingerprint density at radius 3 is 2.76 bits per heavy atom. The predicted octanol–water partition coefficient (Wildman–Crippen LogP) is 1.48. The molecule has 0 unspecified atom stereocenters. The first-order chi connectivity index (χ1) is 8.22. The van der Waals surface area contributed by atoms with E-state index in [1.165, 1.54) is 11.1 Å². The molecule has 1 aromatic rings. The van der Waals surface area contributed by atoms with E-state index in [-0.39, 0.29) is 6.03 Å². The highest BCUT2D eigenvalue weighted by atomic mass is 16.5. The Morgan fingerprint density at radius 1 is 1.29 bits per heavy atom. The molecule has 94 valence electrons. The Balaban J connectivity index is 2.17. The van der Waals surface area contributed by atoms with Crippen molar-refractivity contribution in [2.24, 2.45) is 0 Å². The van der Waals surface area contributed by atoms with Gasteiger partial charge in [0, 0.05) is 20.2 Å². The summed E-state index contributed by atoms with van der Waals surface area (Å²) in [6, 6.07) is 8.15. The number of aryl methyl sites for hydroxylation is 1. The third kappa shape index (κ3) is 5.92. The van der Waals surface area contributed by atoms with Crippen LogP contribution in [0.25, 0.3) is 0 Å². The Labute approximate surface area is 102 Å². The van der Waals surface area contributed by atoms with E-state index in [0.29, 0.717) is 19.7 Å². The van der Waals surface area contributed by atoms with E-state index in [2.05, 4.69) is 35.8 Å². The Kier molecular flexibility index (Phi) is 6.10. The fourth-order valence-electron chi connectivity index (χ4n) is 1.52. The van der Waals surface area contributed by atoms with Crippen molar-refractivity contribution in [1.82, 2.24) is 10.6 Å². The molecular weight excluding hydrogens is 216 g/mol. The first-order valence-electron chi connectivity index (χ1n) is 5.78. The SMILES string of the molecule is COCCNC(=O)NCCc1cccc(C)c1. The van der Waals surface area contributed by atoms with Crippen LogP contribution in [0, 0.1) is 6.92 Å². The van der Waals surface area contributed by atoms with Gasteiger partial charge in [0.25, 0.3) is 0 Å². The van der Waals surface area contributed by atoms with Crippen LogP contribution in [0.1, 0.15) is 11.1 Å². The molecule has 0 fully saturated rings. The molecule has 0 heterocycles. The van der Waals surface area contributed by atoms with Crippen LogP contribution in [0.5, 0.6) is 0 Å². The molecule has 1 rings (SSSR count). The first kappa shape index (κ1) is 13.5. The number of hydrogen-bond donors (Lipinski definition) is 2. The second-order valence-electron chi connectivity index (χ2n) is 3.91. The van der Waals surface area contributed by atoms with Crippen LogP contribution in [0.15, 0.2) is 24.3 Å². The van der Waals surface area contributed by atoms with Crippen LogP contribution in [0.2, 0.25) is 0 Å². The summed E-state index contributed by atoms with van der Waals surface area (Å²) < 4.78 is 4.84. The van der Waals surface area contributed by atoms with E-state index in [1.807, 2.05) is 6.07 Å². The van der Waals surface area contributed by atoms with Gasteiger partial charge < -0.3 is 15.4 Å². The highest BCUT2D eigenvalue weighted by molar-refractivity contribution is 5.73. The van der Waals surface area contributed by atoms with Crippen LogP contribution in [-0.4, -0.2) is 32.8 Å². The molecule has 0 aliphatic heterocycles. The lowest BCUT2D eigenvalue weighted by Crippen LogP contribution is -2.38. The van der Waals surface area contributed by atoms with E-state index >= 15 is 0 Å². The van der Waals surface area contributed by atoms with E-state index in [4.69, 9.17) is 4.74 Å². The summed E-state index contributed by atoms with van der Waals surface area (Å²) in [6.07, 6.45) is 0.847. The molecule has 0 aliphatic carbocycles. The van der Waals surface area contributed by atoms with Gasteiger partial charge in [-0.1, -0.05) is 29.8 Å². The molecule has 0 saturated carbocycles. The average molecular weight is 236 g/mol. The van der Waals surface area contributed by atoms with Crippen LogP contribution in [0.3, 0.4) is 0 Å². The average Bonchev–Trinajstić information content (AvgIpc) is 2.29. The third-order valence-electron chi connectivity index (χ3n) is 2.37. The summed E-state index contributed by atoms with van der Waals surface area (Å²) in [7, 11) is 1.61.